The minimum Gasteiger partial charge on any atom is -0.350 e. The number of nitrogens with one attached hydrogen (secondary N) is 2. The predicted octanol–water partition coefficient (Wildman–Crippen LogP) is 1.60. The molecule has 2 N–H and O–H groups in total. The first-order valence-corrected chi connectivity index (χ1v) is 10.1. The average Bonchev–Trinajstić information content (AvgIpc) is 2.73. The number of piperidine rings is 2. The van der Waals surface area contributed by atoms with E-state index in [0.29, 0.717) is 19.1 Å². The lowest BCUT2D eigenvalue weighted by Gasteiger charge is -2.42. The topological polar surface area (TPSA) is 77.6 Å². The summed E-state index contributed by atoms with van der Waals surface area (Å²) in [6.07, 6.45) is 5.72. The summed E-state index contributed by atoms with van der Waals surface area (Å²) in [6, 6.07) is 6.25. The largest absolute Gasteiger partial charge is 0.350 e. The Kier molecular flexibility index (Phi) is 7.04. The van der Waals surface area contributed by atoms with Crippen molar-refractivity contribution in [2.75, 3.05) is 32.7 Å². The second kappa shape index (κ2) is 9.69. The molecule has 7 heteroatoms. The fourth-order valence-electron chi connectivity index (χ4n) is 4.07. The molecule has 1 atom stereocenters. The first-order chi connectivity index (χ1) is 13.2. The number of nitrogens with zero attached hydrogens (tertiary/aromatic N) is 3. The molecule has 0 aromatic carbocycles. The van der Waals surface area contributed by atoms with Crippen LogP contribution in [-0.2, 0) is 11.3 Å². The fraction of sp³-hybridized carbons (Fsp3) is 0.650. The zero-order valence-corrected chi connectivity index (χ0v) is 16.2. The van der Waals surface area contributed by atoms with E-state index >= 15 is 0 Å². The first-order valence-electron chi connectivity index (χ1n) is 10.1. The summed E-state index contributed by atoms with van der Waals surface area (Å²) in [5.41, 5.74) is 0.885. The van der Waals surface area contributed by atoms with Gasteiger partial charge in [-0.1, -0.05) is 6.07 Å². The number of hydrogen-bond acceptors (Lipinski definition) is 4. The zero-order valence-electron chi connectivity index (χ0n) is 16.2. The van der Waals surface area contributed by atoms with Crippen molar-refractivity contribution in [3.8, 4) is 0 Å². The van der Waals surface area contributed by atoms with Crippen molar-refractivity contribution in [3.63, 3.8) is 0 Å². The highest BCUT2D eigenvalue weighted by Crippen LogP contribution is 2.24. The average molecular weight is 374 g/mol. The Morgan fingerprint density at radius 3 is 2.67 bits per heavy atom. The van der Waals surface area contributed by atoms with Crippen molar-refractivity contribution in [2.24, 2.45) is 5.92 Å². The summed E-state index contributed by atoms with van der Waals surface area (Å²) >= 11 is 0. The quantitative estimate of drug-likeness (QED) is 0.822. The molecule has 3 heterocycles. The molecule has 0 spiro atoms. The molecule has 0 radical (unpaired) electrons. The molecule has 2 aliphatic heterocycles. The molecule has 3 amide bonds. The maximum atomic E-state index is 12.6. The Balaban J connectivity index is 1.45. The number of rotatable bonds is 5. The third-order valence-electron chi connectivity index (χ3n) is 5.59. The minimum atomic E-state index is 0.0429. The van der Waals surface area contributed by atoms with Crippen molar-refractivity contribution in [1.29, 1.82) is 0 Å². The molecule has 0 saturated carbocycles. The molecule has 1 aromatic heterocycles. The molecule has 7 nitrogen and oxygen atoms in total. The number of carbonyl (C=O) groups is 2. The van der Waals surface area contributed by atoms with Crippen LogP contribution >= 0.6 is 0 Å². The van der Waals surface area contributed by atoms with E-state index in [9.17, 15) is 9.59 Å². The highest BCUT2D eigenvalue weighted by molar-refractivity contribution is 5.79. The van der Waals surface area contributed by atoms with Crippen molar-refractivity contribution in [1.82, 2.24) is 25.4 Å². The lowest BCUT2D eigenvalue weighted by molar-refractivity contribution is -0.127. The zero-order chi connectivity index (χ0) is 19.1. The van der Waals surface area contributed by atoms with Crippen LogP contribution in [0, 0.1) is 5.92 Å². The number of hydrogen-bond donors (Lipinski definition) is 2. The highest BCUT2D eigenvalue weighted by atomic mass is 16.2. The van der Waals surface area contributed by atoms with Gasteiger partial charge in [-0.25, -0.2) is 4.79 Å². The first kappa shape index (κ1) is 19.6. The van der Waals surface area contributed by atoms with Crippen molar-refractivity contribution < 1.29 is 9.59 Å². The molecular formula is C20H31N5O2. The lowest BCUT2D eigenvalue weighted by atomic mass is 9.93. The Labute approximate surface area is 161 Å². The summed E-state index contributed by atoms with van der Waals surface area (Å²) < 4.78 is 0. The third kappa shape index (κ3) is 5.42. The van der Waals surface area contributed by atoms with Gasteiger partial charge in [-0.3, -0.25) is 14.7 Å². The number of carbonyl (C=O) groups excluding carboxylic acids is 2. The van der Waals surface area contributed by atoms with Crippen LogP contribution in [-0.4, -0.2) is 65.5 Å². The molecular weight excluding hydrogens is 342 g/mol. The smallest absolute Gasteiger partial charge is 0.317 e. The number of likely N-dealkylation sites (tertiary alicyclic amines) is 2. The summed E-state index contributed by atoms with van der Waals surface area (Å²) in [7, 11) is 0. The number of pyridine rings is 1. The number of aromatic nitrogens is 1. The predicted molar refractivity (Wildman–Crippen MR) is 104 cm³/mol. The molecule has 27 heavy (non-hydrogen) atoms. The van der Waals surface area contributed by atoms with Crippen LogP contribution in [0.15, 0.2) is 24.4 Å². The summed E-state index contributed by atoms with van der Waals surface area (Å²) in [6.45, 7) is 6.56. The number of amides is 3. The van der Waals surface area contributed by atoms with E-state index in [-0.39, 0.29) is 17.9 Å². The van der Waals surface area contributed by atoms with Crippen LogP contribution in [0.5, 0.6) is 0 Å². The van der Waals surface area contributed by atoms with Crippen LogP contribution in [0.3, 0.4) is 0 Å². The Hall–Kier alpha value is -2.15. The minimum absolute atomic E-state index is 0.0429. The summed E-state index contributed by atoms with van der Waals surface area (Å²) in [4.78, 5) is 33.2. The van der Waals surface area contributed by atoms with Crippen LogP contribution in [0.25, 0.3) is 0 Å². The van der Waals surface area contributed by atoms with E-state index < -0.39 is 0 Å². The molecule has 148 valence electrons. The molecule has 2 fully saturated rings. The Morgan fingerprint density at radius 2 is 1.96 bits per heavy atom. The molecule has 2 saturated heterocycles. The van der Waals surface area contributed by atoms with Gasteiger partial charge in [0.1, 0.15) is 0 Å². The van der Waals surface area contributed by atoms with Gasteiger partial charge in [0.05, 0.1) is 18.2 Å². The summed E-state index contributed by atoms with van der Waals surface area (Å²) in [5.74, 6) is 0.175. The van der Waals surface area contributed by atoms with Crippen LogP contribution < -0.4 is 10.6 Å². The van der Waals surface area contributed by atoms with Gasteiger partial charge in [0.2, 0.25) is 5.91 Å². The van der Waals surface area contributed by atoms with E-state index in [1.807, 2.05) is 30.0 Å². The van der Waals surface area contributed by atoms with Crippen molar-refractivity contribution >= 4 is 11.9 Å². The van der Waals surface area contributed by atoms with Crippen molar-refractivity contribution in [3.05, 3.63) is 30.1 Å². The van der Waals surface area contributed by atoms with E-state index in [1.165, 1.54) is 0 Å². The molecule has 1 aromatic rings. The number of urea groups is 1. The maximum Gasteiger partial charge on any atom is 0.317 e. The molecule has 3 rings (SSSR count). The molecule has 2 aliphatic rings. The van der Waals surface area contributed by atoms with Gasteiger partial charge >= 0.3 is 6.03 Å². The van der Waals surface area contributed by atoms with Crippen LogP contribution in [0.4, 0.5) is 4.79 Å². The highest BCUT2D eigenvalue weighted by Gasteiger charge is 2.32. The Bertz CT molecular complexity index is 616. The van der Waals surface area contributed by atoms with Gasteiger partial charge < -0.3 is 15.5 Å². The fourth-order valence-corrected chi connectivity index (χ4v) is 4.07. The van der Waals surface area contributed by atoms with Crippen LogP contribution in [0.2, 0.25) is 0 Å². The van der Waals surface area contributed by atoms with Crippen molar-refractivity contribution in [2.45, 2.75) is 45.2 Å². The van der Waals surface area contributed by atoms with Gasteiger partial charge in [0.15, 0.2) is 0 Å². The van der Waals surface area contributed by atoms with E-state index in [2.05, 4.69) is 20.5 Å². The standard InChI is InChI=1S/C20H31N5O2/c1-2-21-20(27)24-12-8-18(9-13-24)25-11-5-6-16(15-25)19(26)23-14-17-7-3-4-10-22-17/h3-4,7,10,16,18H,2,5-6,8-9,11-15H2,1H3,(H,21,27)(H,23,26). The molecule has 0 bridgehead atoms. The molecule has 0 aliphatic carbocycles. The van der Waals surface area contributed by atoms with E-state index in [0.717, 1.165) is 57.6 Å². The van der Waals surface area contributed by atoms with Gasteiger partial charge in [-0.2, -0.15) is 0 Å². The second-order valence-electron chi connectivity index (χ2n) is 7.43. The van der Waals surface area contributed by atoms with Gasteiger partial charge in [0.25, 0.3) is 0 Å². The molecule has 1 unspecified atom stereocenters. The summed E-state index contributed by atoms with van der Waals surface area (Å²) in [5, 5.41) is 5.91. The normalized spacial score (nSPS) is 21.7. The Morgan fingerprint density at radius 1 is 1.15 bits per heavy atom. The lowest BCUT2D eigenvalue weighted by Crippen LogP contribution is -2.52. The van der Waals surface area contributed by atoms with Gasteiger partial charge in [-0.15, -0.1) is 0 Å². The SMILES string of the molecule is CCNC(=O)N1CCC(N2CCCC(C(=O)NCc3ccccn3)C2)CC1. The van der Waals surface area contributed by atoms with Gasteiger partial charge in [0, 0.05) is 38.4 Å². The van der Waals surface area contributed by atoms with E-state index in [4.69, 9.17) is 0 Å². The van der Waals surface area contributed by atoms with Gasteiger partial charge in [-0.05, 0) is 51.3 Å². The maximum absolute atomic E-state index is 12.6. The third-order valence-corrected chi connectivity index (χ3v) is 5.59. The van der Waals surface area contributed by atoms with E-state index in [1.54, 1.807) is 6.20 Å². The second-order valence-corrected chi connectivity index (χ2v) is 7.43. The van der Waals surface area contributed by atoms with Crippen LogP contribution in [0.1, 0.15) is 38.3 Å². The monoisotopic (exact) mass is 373 g/mol.